The summed E-state index contributed by atoms with van der Waals surface area (Å²) in [6, 6.07) is 4.37. The van der Waals surface area contributed by atoms with Crippen molar-refractivity contribution in [2.24, 2.45) is 0 Å². The van der Waals surface area contributed by atoms with Crippen LogP contribution < -0.4 is 0 Å². The third kappa shape index (κ3) is 3.43. The standard InChI is InChI=1S/C20H27N3O3/c1-20(2,3)26-19(24)23-8-5-13(6-9-23)15-4-7-21-18-16(15)10-17(22-18)14-11-25-12-14/h4,7,10,13-14H,5-6,8-9,11-12H2,1-3H3,(H,21,22). The Hall–Kier alpha value is -2.08. The number of piperidine rings is 1. The van der Waals surface area contributed by atoms with Gasteiger partial charge in [0.05, 0.1) is 13.2 Å². The molecule has 0 saturated carbocycles. The molecule has 0 spiro atoms. The number of ether oxygens (including phenoxy) is 2. The van der Waals surface area contributed by atoms with Gasteiger partial charge in [0.25, 0.3) is 0 Å². The van der Waals surface area contributed by atoms with Gasteiger partial charge in [-0.15, -0.1) is 0 Å². The first-order valence-electron chi connectivity index (χ1n) is 9.44. The van der Waals surface area contributed by atoms with Gasteiger partial charge in [0.1, 0.15) is 11.2 Å². The molecule has 6 nitrogen and oxygen atoms in total. The van der Waals surface area contributed by atoms with Crippen molar-refractivity contribution >= 4 is 17.1 Å². The van der Waals surface area contributed by atoms with Gasteiger partial charge in [0, 0.05) is 36.3 Å². The number of aromatic nitrogens is 2. The Morgan fingerprint density at radius 3 is 2.62 bits per heavy atom. The number of fused-ring (bicyclic) bond motifs is 1. The first-order valence-corrected chi connectivity index (χ1v) is 9.44. The topological polar surface area (TPSA) is 67.5 Å². The number of hydrogen-bond donors (Lipinski definition) is 1. The van der Waals surface area contributed by atoms with Crippen LogP contribution in [0.3, 0.4) is 0 Å². The van der Waals surface area contributed by atoms with E-state index < -0.39 is 5.60 Å². The quantitative estimate of drug-likeness (QED) is 0.888. The number of carbonyl (C=O) groups excluding carboxylic acids is 1. The van der Waals surface area contributed by atoms with Crippen LogP contribution in [0.2, 0.25) is 0 Å². The molecular weight excluding hydrogens is 330 g/mol. The summed E-state index contributed by atoms with van der Waals surface area (Å²) >= 11 is 0. The summed E-state index contributed by atoms with van der Waals surface area (Å²) in [4.78, 5) is 22.0. The summed E-state index contributed by atoms with van der Waals surface area (Å²) in [5.41, 5.74) is 3.07. The number of likely N-dealkylation sites (tertiary alicyclic amines) is 1. The fourth-order valence-corrected chi connectivity index (χ4v) is 3.76. The van der Waals surface area contributed by atoms with Crippen LogP contribution in [0.1, 0.15) is 56.7 Å². The lowest BCUT2D eigenvalue weighted by molar-refractivity contribution is 0.00699. The highest BCUT2D eigenvalue weighted by molar-refractivity contribution is 5.81. The van der Waals surface area contributed by atoms with Crippen LogP contribution in [0, 0.1) is 0 Å². The van der Waals surface area contributed by atoms with Crippen LogP contribution in [-0.2, 0) is 9.47 Å². The van der Waals surface area contributed by atoms with E-state index in [-0.39, 0.29) is 6.09 Å². The molecule has 2 saturated heterocycles. The zero-order valence-corrected chi connectivity index (χ0v) is 15.7. The molecule has 0 unspecified atom stereocenters. The molecule has 2 fully saturated rings. The van der Waals surface area contributed by atoms with Crippen molar-refractivity contribution in [3.63, 3.8) is 0 Å². The summed E-state index contributed by atoms with van der Waals surface area (Å²) < 4.78 is 10.8. The Morgan fingerprint density at radius 1 is 1.27 bits per heavy atom. The van der Waals surface area contributed by atoms with Crippen LogP contribution in [-0.4, -0.2) is 52.9 Å². The Balaban J connectivity index is 1.47. The number of nitrogens with one attached hydrogen (secondary N) is 1. The molecule has 2 aliphatic heterocycles. The van der Waals surface area contributed by atoms with Crippen LogP contribution in [0.4, 0.5) is 4.79 Å². The van der Waals surface area contributed by atoms with Gasteiger partial charge in [0.15, 0.2) is 0 Å². The van der Waals surface area contributed by atoms with Gasteiger partial charge in [0.2, 0.25) is 0 Å². The van der Waals surface area contributed by atoms with Crippen molar-refractivity contribution < 1.29 is 14.3 Å². The van der Waals surface area contributed by atoms with Gasteiger partial charge in [-0.1, -0.05) is 0 Å². The SMILES string of the molecule is CC(C)(C)OC(=O)N1CCC(c2ccnc3[nH]c(C4COC4)cc23)CC1. The van der Waals surface area contributed by atoms with E-state index in [9.17, 15) is 4.79 Å². The van der Waals surface area contributed by atoms with Gasteiger partial charge in [-0.2, -0.15) is 0 Å². The van der Waals surface area contributed by atoms with Crippen LogP contribution in [0.15, 0.2) is 18.3 Å². The minimum atomic E-state index is -0.446. The van der Waals surface area contributed by atoms with Crippen LogP contribution in [0.25, 0.3) is 11.0 Å². The van der Waals surface area contributed by atoms with E-state index in [0.29, 0.717) is 11.8 Å². The highest BCUT2D eigenvalue weighted by atomic mass is 16.6. The number of pyridine rings is 1. The average Bonchev–Trinajstić information content (AvgIpc) is 2.95. The van der Waals surface area contributed by atoms with E-state index >= 15 is 0 Å². The Kier molecular flexibility index (Phi) is 4.39. The van der Waals surface area contributed by atoms with Crippen LogP contribution >= 0.6 is 0 Å². The smallest absolute Gasteiger partial charge is 0.410 e. The molecule has 4 rings (SSSR count). The molecular formula is C20H27N3O3. The minimum absolute atomic E-state index is 0.204. The third-order valence-electron chi connectivity index (χ3n) is 5.25. The molecule has 2 aliphatic rings. The zero-order chi connectivity index (χ0) is 18.3. The second kappa shape index (κ2) is 6.58. The maximum Gasteiger partial charge on any atom is 0.410 e. The normalized spacial score (nSPS) is 19.6. The monoisotopic (exact) mass is 357 g/mol. The Morgan fingerprint density at radius 2 is 2.00 bits per heavy atom. The van der Waals surface area contributed by atoms with E-state index in [4.69, 9.17) is 9.47 Å². The lowest BCUT2D eigenvalue weighted by atomic mass is 9.88. The summed E-state index contributed by atoms with van der Waals surface area (Å²) in [6.45, 7) is 8.76. The number of aromatic amines is 1. The third-order valence-corrected chi connectivity index (χ3v) is 5.25. The molecule has 0 aromatic carbocycles. The highest BCUT2D eigenvalue weighted by Crippen LogP contribution is 2.35. The summed E-state index contributed by atoms with van der Waals surface area (Å²) in [5, 5.41) is 1.21. The molecule has 0 aliphatic carbocycles. The number of nitrogens with zero attached hydrogens (tertiary/aromatic N) is 2. The van der Waals surface area contributed by atoms with Gasteiger partial charge in [-0.3, -0.25) is 0 Å². The van der Waals surface area contributed by atoms with Gasteiger partial charge >= 0.3 is 6.09 Å². The second-order valence-corrected chi connectivity index (χ2v) is 8.36. The van der Waals surface area contributed by atoms with Gasteiger partial charge in [-0.05, 0) is 57.2 Å². The number of rotatable bonds is 2. The molecule has 0 bridgehead atoms. The fraction of sp³-hybridized carbons (Fsp3) is 0.600. The van der Waals surface area contributed by atoms with Gasteiger partial charge < -0.3 is 19.4 Å². The Labute approximate surface area is 153 Å². The van der Waals surface area contributed by atoms with E-state index in [2.05, 4.69) is 22.1 Å². The predicted molar refractivity (Wildman–Crippen MR) is 99.4 cm³/mol. The van der Waals surface area contributed by atoms with Crippen molar-refractivity contribution in [2.45, 2.75) is 51.0 Å². The Bertz CT molecular complexity index is 796. The second-order valence-electron chi connectivity index (χ2n) is 8.36. The molecule has 0 radical (unpaired) electrons. The van der Waals surface area contributed by atoms with E-state index in [1.54, 1.807) is 0 Å². The summed E-state index contributed by atoms with van der Waals surface area (Å²) in [5.74, 6) is 0.909. The summed E-state index contributed by atoms with van der Waals surface area (Å²) in [7, 11) is 0. The fourth-order valence-electron chi connectivity index (χ4n) is 3.76. The van der Waals surface area contributed by atoms with Crippen molar-refractivity contribution in [3.05, 3.63) is 29.6 Å². The molecule has 2 aromatic heterocycles. The molecule has 26 heavy (non-hydrogen) atoms. The molecule has 4 heterocycles. The summed E-state index contributed by atoms with van der Waals surface area (Å²) in [6.07, 6.45) is 3.58. The number of carbonyl (C=O) groups is 1. The molecule has 2 aromatic rings. The predicted octanol–water partition coefficient (Wildman–Crippen LogP) is 3.79. The number of amides is 1. The molecule has 1 N–H and O–H groups in total. The zero-order valence-electron chi connectivity index (χ0n) is 15.7. The van der Waals surface area contributed by atoms with Crippen LogP contribution in [0.5, 0.6) is 0 Å². The first-order chi connectivity index (χ1) is 12.4. The van der Waals surface area contributed by atoms with Crippen molar-refractivity contribution in [2.75, 3.05) is 26.3 Å². The number of H-pyrrole nitrogens is 1. The molecule has 1 amide bonds. The van der Waals surface area contributed by atoms with E-state index in [0.717, 1.165) is 44.8 Å². The average molecular weight is 357 g/mol. The van der Waals surface area contributed by atoms with Crippen molar-refractivity contribution in [1.29, 1.82) is 0 Å². The van der Waals surface area contributed by atoms with Gasteiger partial charge in [-0.25, -0.2) is 9.78 Å². The molecule has 140 valence electrons. The van der Waals surface area contributed by atoms with E-state index in [1.807, 2.05) is 31.9 Å². The molecule has 0 atom stereocenters. The van der Waals surface area contributed by atoms with E-state index in [1.165, 1.54) is 16.6 Å². The maximum atomic E-state index is 12.3. The number of hydrogen-bond acceptors (Lipinski definition) is 4. The lowest BCUT2D eigenvalue weighted by Gasteiger charge is -2.33. The highest BCUT2D eigenvalue weighted by Gasteiger charge is 2.29. The largest absolute Gasteiger partial charge is 0.444 e. The molecule has 6 heteroatoms. The van der Waals surface area contributed by atoms with Crippen molar-refractivity contribution in [3.8, 4) is 0 Å². The van der Waals surface area contributed by atoms with Crippen molar-refractivity contribution in [1.82, 2.24) is 14.9 Å². The minimum Gasteiger partial charge on any atom is -0.444 e. The maximum absolute atomic E-state index is 12.3. The first kappa shape index (κ1) is 17.3. The lowest BCUT2D eigenvalue weighted by Crippen LogP contribution is -2.41.